The first-order chi connectivity index (χ1) is 8.30. The van der Waals surface area contributed by atoms with Crippen LogP contribution in [0.4, 0.5) is 0 Å². The number of hydrogen-bond donors (Lipinski definition) is 2. The molecule has 0 aliphatic rings. The Hall–Kier alpha value is -0.510. The van der Waals surface area contributed by atoms with E-state index in [0.717, 1.165) is 18.6 Å². The fourth-order valence-corrected chi connectivity index (χ4v) is 2.35. The second-order valence-electron chi connectivity index (χ2n) is 4.26. The molecule has 1 rings (SSSR count). The standard InChI is InChI=1S/C14H22O2S/c1-2-9-17-14-7-5-12(6-8-14)3-4-13(10-15)11-16/h5-8,13,15-16H,2-4,9-11H2,1H3. The summed E-state index contributed by atoms with van der Waals surface area (Å²) in [5.74, 6) is 1.18. The molecule has 0 saturated heterocycles. The molecule has 2 nitrogen and oxygen atoms in total. The van der Waals surface area contributed by atoms with Crippen LogP contribution >= 0.6 is 11.8 Å². The Morgan fingerprint density at radius 3 is 2.29 bits per heavy atom. The van der Waals surface area contributed by atoms with Gasteiger partial charge in [0.25, 0.3) is 0 Å². The van der Waals surface area contributed by atoms with Gasteiger partial charge in [-0.25, -0.2) is 0 Å². The Kier molecular flexibility index (Phi) is 7.33. The zero-order chi connectivity index (χ0) is 12.5. The largest absolute Gasteiger partial charge is 0.396 e. The molecule has 0 aromatic heterocycles. The zero-order valence-corrected chi connectivity index (χ0v) is 11.2. The zero-order valence-electron chi connectivity index (χ0n) is 10.4. The summed E-state index contributed by atoms with van der Waals surface area (Å²) < 4.78 is 0. The average Bonchev–Trinajstić information content (AvgIpc) is 2.39. The normalized spacial score (nSPS) is 11.1. The number of rotatable bonds is 8. The van der Waals surface area contributed by atoms with Gasteiger partial charge in [0.1, 0.15) is 0 Å². The van der Waals surface area contributed by atoms with Crippen molar-refractivity contribution in [1.29, 1.82) is 0 Å². The van der Waals surface area contributed by atoms with Gasteiger partial charge in [-0.3, -0.25) is 0 Å². The molecule has 0 spiro atoms. The quantitative estimate of drug-likeness (QED) is 0.701. The lowest BCUT2D eigenvalue weighted by Gasteiger charge is -2.10. The minimum absolute atomic E-state index is 0.0177. The van der Waals surface area contributed by atoms with Gasteiger partial charge in [0.05, 0.1) is 0 Å². The van der Waals surface area contributed by atoms with E-state index in [1.54, 1.807) is 0 Å². The van der Waals surface area contributed by atoms with Gasteiger partial charge in [-0.15, -0.1) is 11.8 Å². The second-order valence-corrected chi connectivity index (χ2v) is 5.43. The lowest BCUT2D eigenvalue weighted by molar-refractivity contribution is 0.144. The molecule has 0 amide bonds. The fraction of sp³-hybridized carbons (Fsp3) is 0.571. The van der Waals surface area contributed by atoms with Crippen LogP contribution in [0, 0.1) is 5.92 Å². The van der Waals surface area contributed by atoms with Crippen molar-refractivity contribution in [1.82, 2.24) is 0 Å². The van der Waals surface area contributed by atoms with Gasteiger partial charge in [0.15, 0.2) is 0 Å². The van der Waals surface area contributed by atoms with E-state index in [1.165, 1.54) is 16.9 Å². The highest BCUT2D eigenvalue weighted by molar-refractivity contribution is 7.99. The fourth-order valence-electron chi connectivity index (χ4n) is 1.58. The summed E-state index contributed by atoms with van der Waals surface area (Å²) in [5, 5.41) is 18.0. The Labute approximate surface area is 108 Å². The van der Waals surface area contributed by atoms with Crippen LogP contribution in [0.2, 0.25) is 0 Å². The van der Waals surface area contributed by atoms with Gasteiger partial charge in [-0.05, 0) is 42.7 Å². The average molecular weight is 254 g/mol. The van der Waals surface area contributed by atoms with Crippen LogP contribution in [0.1, 0.15) is 25.3 Å². The van der Waals surface area contributed by atoms with Crippen LogP contribution in [0.15, 0.2) is 29.2 Å². The summed E-state index contributed by atoms with van der Waals surface area (Å²) >= 11 is 1.88. The number of thioether (sulfide) groups is 1. The van der Waals surface area contributed by atoms with Crippen molar-refractivity contribution < 1.29 is 10.2 Å². The maximum absolute atomic E-state index is 8.98. The molecule has 0 fully saturated rings. The highest BCUT2D eigenvalue weighted by Gasteiger charge is 2.05. The third kappa shape index (κ3) is 5.57. The second kappa shape index (κ2) is 8.56. The predicted octanol–water partition coefficient (Wildman–Crippen LogP) is 2.72. The van der Waals surface area contributed by atoms with E-state index < -0.39 is 0 Å². The van der Waals surface area contributed by atoms with Crippen LogP contribution in [-0.2, 0) is 6.42 Å². The van der Waals surface area contributed by atoms with E-state index in [1.807, 2.05) is 11.8 Å². The van der Waals surface area contributed by atoms with Crippen molar-refractivity contribution in [3.8, 4) is 0 Å². The topological polar surface area (TPSA) is 40.5 Å². The van der Waals surface area contributed by atoms with Crippen molar-refractivity contribution in [2.24, 2.45) is 5.92 Å². The van der Waals surface area contributed by atoms with Crippen LogP contribution < -0.4 is 0 Å². The number of aliphatic hydroxyl groups excluding tert-OH is 2. The highest BCUT2D eigenvalue weighted by atomic mass is 32.2. The van der Waals surface area contributed by atoms with Gasteiger partial charge in [-0.2, -0.15) is 0 Å². The van der Waals surface area contributed by atoms with E-state index in [0.29, 0.717) is 0 Å². The van der Waals surface area contributed by atoms with Crippen molar-refractivity contribution in [2.75, 3.05) is 19.0 Å². The Morgan fingerprint density at radius 2 is 1.76 bits per heavy atom. The summed E-state index contributed by atoms with van der Waals surface area (Å²) in [4.78, 5) is 1.32. The number of hydrogen-bond acceptors (Lipinski definition) is 3. The van der Waals surface area contributed by atoms with E-state index in [2.05, 4.69) is 31.2 Å². The summed E-state index contributed by atoms with van der Waals surface area (Å²) in [6, 6.07) is 8.60. The van der Waals surface area contributed by atoms with Gasteiger partial charge >= 0.3 is 0 Å². The number of aliphatic hydroxyl groups is 2. The first-order valence-electron chi connectivity index (χ1n) is 6.23. The van der Waals surface area contributed by atoms with Crippen molar-refractivity contribution in [3.05, 3.63) is 29.8 Å². The highest BCUT2D eigenvalue weighted by Crippen LogP contribution is 2.20. The molecule has 0 bridgehead atoms. The van der Waals surface area contributed by atoms with Gasteiger partial charge in [-0.1, -0.05) is 19.1 Å². The van der Waals surface area contributed by atoms with Crippen molar-refractivity contribution >= 4 is 11.8 Å². The van der Waals surface area contributed by atoms with E-state index in [9.17, 15) is 0 Å². The molecule has 1 aromatic carbocycles. The molecule has 3 heteroatoms. The SMILES string of the molecule is CCCSc1ccc(CCC(CO)CO)cc1. The Balaban J connectivity index is 2.39. The minimum atomic E-state index is 0.0177. The Bertz CT molecular complexity index is 294. The molecule has 96 valence electrons. The number of aryl methyl sites for hydroxylation is 1. The van der Waals surface area contributed by atoms with Crippen LogP contribution in [-0.4, -0.2) is 29.2 Å². The van der Waals surface area contributed by atoms with E-state index in [4.69, 9.17) is 10.2 Å². The van der Waals surface area contributed by atoms with Crippen molar-refractivity contribution in [2.45, 2.75) is 31.1 Å². The molecule has 0 unspecified atom stereocenters. The van der Waals surface area contributed by atoms with Crippen molar-refractivity contribution in [3.63, 3.8) is 0 Å². The molecule has 2 N–H and O–H groups in total. The summed E-state index contributed by atoms with van der Waals surface area (Å²) in [7, 11) is 0. The molecule has 0 saturated carbocycles. The molecule has 0 atom stereocenters. The van der Waals surface area contributed by atoms with Gasteiger partial charge < -0.3 is 10.2 Å². The Morgan fingerprint density at radius 1 is 1.12 bits per heavy atom. The van der Waals surface area contributed by atoms with Crippen LogP contribution in [0.25, 0.3) is 0 Å². The smallest absolute Gasteiger partial charge is 0.0481 e. The minimum Gasteiger partial charge on any atom is -0.396 e. The molecule has 0 heterocycles. The molecule has 0 aliphatic carbocycles. The first-order valence-corrected chi connectivity index (χ1v) is 7.22. The summed E-state index contributed by atoms with van der Waals surface area (Å²) in [6.07, 6.45) is 2.96. The molecule has 0 radical (unpaired) electrons. The lowest BCUT2D eigenvalue weighted by atomic mass is 10.0. The molecular formula is C14H22O2S. The van der Waals surface area contributed by atoms with Gasteiger partial charge in [0, 0.05) is 24.0 Å². The maximum Gasteiger partial charge on any atom is 0.0481 e. The molecule has 17 heavy (non-hydrogen) atoms. The monoisotopic (exact) mass is 254 g/mol. The maximum atomic E-state index is 8.98. The first kappa shape index (κ1) is 14.6. The third-order valence-corrected chi connectivity index (χ3v) is 3.97. The van der Waals surface area contributed by atoms with E-state index >= 15 is 0 Å². The summed E-state index contributed by atoms with van der Waals surface area (Å²) in [5.41, 5.74) is 1.28. The van der Waals surface area contributed by atoms with E-state index in [-0.39, 0.29) is 19.1 Å². The predicted molar refractivity (Wildman–Crippen MR) is 73.4 cm³/mol. The van der Waals surface area contributed by atoms with Crippen LogP contribution in [0.5, 0.6) is 0 Å². The molecule has 0 aliphatic heterocycles. The third-order valence-electron chi connectivity index (χ3n) is 2.75. The number of benzene rings is 1. The van der Waals surface area contributed by atoms with Crippen LogP contribution in [0.3, 0.4) is 0 Å². The van der Waals surface area contributed by atoms with Gasteiger partial charge in [0.2, 0.25) is 0 Å². The molecular weight excluding hydrogens is 232 g/mol. The summed E-state index contributed by atoms with van der Waals surface area (Å²) in [6.45, 7) is 2.33. The molecule has 1 aromatic rings. The lowest BCUT2D eigenvalue weighted by Crippen LogP contribution is -2.11.